The molecule has 1 aromatic rings. The molecule has 1 unspecified atom stereocenters. The van der Waals surface area contributed by atoms with Crippen LogP contribution in [0.25, 0.3) is 0 Å². The Morgan fingerprint density at radius 1 is 1.14 bits per heavy atom. The molecule has 1 atom stereocenters. The molecule has 21 heavy (non-hydrogen) atoms. The molecule has 2 rings (SSSR count). The average molecular weight is 289 g/mol. The fourth-order valence-corrected chi connectivity index (χ4v) is 3.12. The lowest BCUT2D eigenvalue weighted by Gasteiger charge is -2.36. The van der Waals surface area contributed by atoms with Gasteiger partial charge in [-0.15, -0.1) is 0 Å². The van der Waals surface area contributed by atoms with Gasteiger partial charge in [-0.05, 0) is 55.7 Å². The normalized spacial score (nSPS) is 21.8. The zero-order valence-corrected chi connectivity index (χ0v) is 14.5. The van der Waals surface area contributed by atoms with Crippen LogP contribution in [0.3, 0.4) is 0 Å². The Balaban J connectivity index is 2.19. The molecule has 0 aromatic heterocycles. The van der Waals surface area contributed by atoms with Crippen LogP contribution in [0.15, 0.2) is 18.2 Å². The van der Waals surface area contributed by atoms with E-state index in [0.717, 1.165) is 19.4 Å². The highest BCUT2D eigenvalue weighted by Crippen LogP contribution is 2.32. The molecule has 1 aliphatic rings. The van der Waals surface area contributed by atoms with Crippen LogP contribution < -0.4 is 5.32 Å². The summed E-state index contributed by atoms with van der Waals surface area (Å²) in [7, 11) is 0. The molecule has 1 saturated heterocycles. The molecule has 0 radical (unpaired) electrons. The largest absolute Gasteiger partial charge is 0.382 e. The number of rotatable bonds is 4. The Hall–Kier alpha value is -1.02. The lowest BCUT2D eigenvalue weighted by Crippen LogP contribution is -2.40. The fourth-order valence-electron chi connectivity index (χ4n) is 3.12. The third kappa shape index (κ3) is 4.23. The van der Waals surface area contributed by atoms with Crippen molar-refractivity contribution in [3.05, 3.63) is 29.3 Å². The van der Waals surface area contributed by atoms with E-state index in [4.69, 9.17) is 4.74 Å². The zero-order valence-electron chi connectivity index (χ0n) is 14.5. The summed E-state index contributed by atoms with van der Waals surface area (Å²) in [5, 5.41) is 3.77. The molecule has 2 heteroatoms. The van der Waals surface area contributed by atoms with Gasteiger partial charge in [0.15, 0.2) is 0 Å². The third-order valence-corrected chi connectivity index (χ3v) is 4.42. The van der Waals surface area contributed by atoms with Gasteiger partial charge in [-0.2, -0.15) is 0 Å². The Morgan fingerprint density at radius 2 is 1.86 bits per heavy atom. The van der Waals surface area contributed by atoms with Crippen molar-refractivity contribution in [1.82, 2.24) is 0 Å². The minimum atomic E-state index is -0.00815. The number of hydrogen-bond donors (Lipinski definition) is 1. The average Bonchev–Trinajstić information content (AvgIpc) is 2.37. The standard InChI is InChI=1S/C19H31NO/c1-13(2)15-7-8-18(17(11-15)14(3)4)20-16-9-10-21-19(5,6)12-16/h7-8,11,13-14,16,20H,9-10,12H2,1-6H3. The smallest absolute Gasteiger partial charge is 0.0646 e. The predicted octanol–water partition coefficient (Wildman–Crippen LogP) is 5.30. The monoisotopic (exact) mass is 289 g/mol. The van der Waals surface area contributed by atoms with E-state index >= 15 is 0 Å². The van der Waals surface area contributed by atoms with Crippen molar-refractivity contribution in [3.63, 3.8) is 0 Å². The van der Waals surface area contributed by atoms with Crippen LogP contribution >= 0.6 is 0 Å². The second-order valence-electron chi connectivity index (χ2n) is 7.60. The van der Waals surface area contributed by atoms with Crippen molar-refractivity contribution in [2.24, 2.45) is 0 Å². The highest BCUT2D eigenvalue weighted by molar-refractivity contribution is 5.55. The predicted molar refractivity (Wildman–Crippen MR) is 91.3 cm³/mol. The molecule has 0 bridgehead atoms. The second kappa shape index (κ2) is 6.39. The highest BCUT2D eigenvalue weighted by atomic mass is 16.5. The van der Waals surface area contributed by atoms with Crippen LogP contribution in [0.2, 0.25) is 0 Å². The molecular formula is C19H31NO. The summed E-state index contributed by atoms with van der Waals surface area (Å²) < 4.78 is 5.82. The molecule has 0 aliphatic carbocycles. The molecule has 2 nitrogen and oxygen atoms in total. The maximum atomic E-state index is 5.82. The van der Waals surface area contributed by atoms with E-state index < -0.39 is 0 Å². The number of ether oxygens (including phenoxy) is 1. The first-order valence-corrected chi connectivity index (χ1v) is 8.33. The van der Waals surface area contributed by atoms with Crippen molar-refractivity contribution in [2.45, 2.75) is 77.9 Å². The van der Waals surface area contributed by atoms with Crippen molar-refractivity contribution >= 4 is 5.69 Å². The minimum absolute atomic E-state index is 0.00815. The van der Waals surface area contributed by atoms with Crippen molar-refractivity contribution < 1.29 is 4.74 Å². The Bertz CT molecular complexity index is 476. The van der Waals surface area contributed by atoms with Gasteiger partial charge < -0.3 is 10.1 Å². The van der Waals surface area contributed by atoms with Crippen molar-refractivity contribution in [2.75, 3.05) is 11.9 Å². The summed E-state index contributed by atoms with van der Waals surface area (Å²) >= 11 is 0. The molecule has 1 heterocycles. The van der Waals surface area contributed by atoms with Crippen molar-refractivity contribution in [3.8, 4) is 0 Å². The van der Waals surface area contributed by atoms with E-state index in [1.54, 1.807) is 0 Å². The summed E-state index contributed by atoms with van der Waals surface area (Å²) in [5.74, 6) is 1.12. The van der Waals surface area contributed by atoms with Gasteiger partial charge in [0, 0.05) is 18.3 Å². The van der Waals surface area contributed by atoms with E-state index in [-0.39, 0.29) is 5.60 Å². The first-order chi connectivity index (χ1) is 9.78. The van der Waals surface area contributed by atoms with Crippen LogP contribution in [-0.4, -0.2) is 18.2 Å². The van der Waals surface area contributed by atoms with E-state index in [1.807, 2.05) is 0 Å². The number of nitrogens with one attached hydrogen (secondary N) is 1. The molecule has 0 amide bonds. The second-order valence-corrected chi connectivity index (χ2v) is 7.60. The SMILES string of the molecule is CC(C)c1ccc(NC2CCOC(C)(C)C2)c(C(C)C)c1. The Labute approximate surface area is 130 Å². The molecule has 0 spiro atoms. The Morgan fingerprint density at radius 3 is 2.43 bits per heavy atom. The lowest BCUT2D eigenvalue weighted by molar-refractivity contribution is -0.0553. The molecule has 1 aromatic carbocycles. The molecule has 1 aliphatic heterocycles. The number of anilines is 1. The van der Waals surface area contributed by atoms with Crippen LogP contribution in [0.4, 0.5) is 5.69 Å². The van der Waals surface area contributed by atoms with Gasteiger partial charge in [-0.1, -0.05) is 39.8 Å². The van der Waals surface area contributed by atoms with Gasteiger partial charge in [-0.3, -0.25) is 0 Å². The van der Waals surface area contributed by atoms with Gasteiger partial charge >= 0.3 is 0 Å². The molecule has 1 fully saturated rings. The maximum Gasteiger partial charge on any atom is 0.0646 e. The van der Waals surface area contributed by atoms with Crippen LogP contribution in [0, 0.1) is 0 Å². The molecular weight excluding hydrogens is 258 g/mol. The van der Waals surface area contributed by atoms with Gasteiger partial charge in [-0.25, -0.2) is 0 Å². The van der Waals surface area contributed by atoms with E-state index in [2.05, 4.69) is 65.1 Å². The van der Waals surface area contributed by atoms with Gasteiger partial charge in [0.05, 0.1) is 5.60 Å². The molecule has 1 N–H and O–H groups in total. The van der Waals surface area contributed by atoms with Crippen LogP contribution in [0.1, 0.15) is 77.3 Å². The summed E-state index contributed by atoms with van der Waals surface area (Å²) in [5.41, 5.74) is 4.16. The highest BCUT2D eigenvalue weighted by Gasteiger charge is 2.29. The zero-order chi connectivity index (χ0) is 15.6. The topological polar surface area (TPSA) is 21.3 Å². The number of benzene rings is 1. The number of hydrogen-bond acceptors (Lipinski definition) is 2. The Kier molecular flexibility index (Phi) is 4.98. The summed E-state index contributed by atoms with van der Waals surface area (Å²) in [6, 6.07) is 7.43. The summed E-state index contributed by atoms with van der Waals surface area (Å²) in [4.78, 5) is 0. The third-order valence-electron chi connectivity index (χ3n) is 4.42. The van der Waals surface area contributed by atoms with Gasteiger partial charge in [0.25, 0.3) is 0 Å². The first kappa shape index (κ1) is 16.4. The lowest BCUT2D eigenvalue weighted by atomic mass is 9.91. The molecule has 118 valence electrons. The maximum absolute atomic E-state index is 5.82. The van der Waals surface area contributed by atoms with Crippen molar-refractivity contribution in [1.29, 1.82) is 0 Å². The van der Waals surface area contributed by atoms with E-state index in [1.165, 1.54) is 16.8 Å². The van der Waals surface area contributed by atoms with E-state index in [9.17, 15) is 0 Å². The van der Waals surface area contributed by atoms with E-state index in [0.29, 0.717) is 17.9 Å². The molecule has 0 saturated carbocycles. The minimum Gasteiger partial charge on any atom is -0.382 e. The fraction of sp³-hybridized carbons (Fsp3) is 0.684. The van der Waals surface area contributed by atoms with Crippen LogP contribution in [-0.2, 0) is 4.74 Å². The summed E-state index contributed by atoms with van der Waals surface area (Å²) in [6.07, 6.45) is 2.16. The first-order valence-electron chi connectivity index (χ1n) is 8.33. The van der Waals surface area contributed by atoms with Gasteiger partial charge in [0.1, 0.15) is 0 Å². The quantitative estimate of drug-likeness (QED) is 0.811. The summed E-state index contributed by atoms with van der Waals surface area (Å²) in [6.45, 7) is 14.3. The van der Waals surface area contributed by atoms with Gasteiger partial charge in [0.2, 0.25) is 0 Å². The van der Waals surface area contributed by atoms with Crippen LogP contribution in [0.5, 0.6) is 0 Å².